The zero-order valence-electron chi connectivity index (χ0n) is 11.9. The zero-order chi connectivity index (χ0) is 14.1. The Bertz CT molecular complexity index is 355. The molecule has 0 saturated carbocycles. The molecule has 0 unspecified atom stereocenters. The molecule has 0 aliphatic heterocycles. The summed E-state index contributed by atoms with van der Waals surface area (Å²) in [5, 5.41) is 0.0259. The molecule has 1 rings (SSSR count). The SMILES string of the molecule is COCCOCOc1cccc([C@H](Cl)CC(C)C)c1. The van der Waals surface area contributed by atoms with Gasteiger partial charge >= 0.3 is 0 Å². The Morgan fingerprint density at radius 2 is 2.00 bits per heavy atom. The molecular weight excluding hydrogens is 264 g/mol. The lowest BCUT2D eigenvalue weighted by molar-refractivity contribution is -0.00850. The van der Waals surface area contributed by atoms with E-state index in [1.165, 1.54) is 0 Å². The van der Waals surface area contributed by atoms with E-state index < -0.39 is 0 Å². The van der Waals surface area contributed by atoms with Crippen LogP contribution in [0.5, 0.6) is 5.75 Å². The van der Waals surface area contributed by atoms with Gasteiger partial charge < -0.3 is 14.2 Å². The second-order valence-electron chi connectivity index (χ2n) is 4.83. The van der Waals surface area contributed by atoms with E-state index in [0.717, 1.165) is 17.7 Å². The smallest absolute Gasteiger partial charge is 0.189 e. The highest BCUT2D eigenvalue weighted by molar-refractivity contribution is 6.20. The summed E-state index contributed by atoms with van der Waals surface area (Å²) in [5.74, 6) is 1.36. The van der Waals surface area contributed by atoms with Gasteiger partial charge in [0.1, 0.15) is 5.75 Å². The van der Waals surface area contributed by atoms with E-state index in [9.17, 15) is 0 Å². The normalized spacial score (nSPS) is 12.7. The van der Waals surface area contributed by atoms with Crippen molar-refractivity contribution in [3.05, 3.63) is 29.8 Å². The van der Waals surface area contributed by atoms with Crippen LogP contribution in [0, 0.1) is 5.92 Å². The third-order valence-corrected chi connectivity index (χ3v) is 3.07. The van der Waals surface area contributed by atoms with Crippen LogP contribution in [0.2, 0.25) is 0 Å². The molecule has 108 valence electrons. The Morgan fingerprint density at radius 3 is 2.68 bits per heavy atom. The van der Waals surface area contributed by atoms with Crippen molar-refractivity contribution in [3.63, 3.8) is 0 Å². The quantitative estimate of drug-likeness (QED) is 0.390. The third kappa shape index (κ3) is 6.81. The Kier molecular flexibility index (Phi) is 7.87. The van der Waals surface area contributed by atoms with Crippen molar-refractivity contribution in [2.45, 2.75) is 25.6 Å². The molecule has 3 nitrogen and oxygen atoms in total. The molecule has 19 heavy (non-hydrogen) atoms. The Hall–Kier alpha value is -0.770. The van der Waals surface area contributed by atoms with Crippen molar-refractivity contribution in [2.75, 3.05) is 27.1 Å². The summed E-state index contributed by atoms with van der Waals surface area (Å²) in [6.45, 7) is 5.66. The van der Waals surface area contributed by atoms with Gasteiger partial charge in [0.05, 0.1) is 18.6 Å². The lowest BCUT2D eigenvalue weighted by Crippen LogP contribution is -2.08. The van der Waals surface area contributed by atoms with E-state index in [4.69, 9.17) is 25.8 Å². The number of hydrogen-bond donors (Lipinski definition) is 0. The Morgan fingerprint density at radius 1 is 1.21 bits per heavy atom. The van der Waals surface area contributed by atoms with Crippen molar-refractivity contribution in [2.24, 2.45) is 5.92 Å². The molecule has 0 bridgehead atoms. The van der Waals surface area contributed by atoms with E-state index in [-0.39, 0.29) is 12.2 Å². The highest BCUT2D eigenvalue weighted by Gasteiger charge is 2.10. The van der Waals surface area contributed by atoms with Gasteiger partial charge in [-0.3, -0.25) is 0 Å². The summed E-state index contributed by atoms with van der Waals surface area (Å²) in [5.41, 5.74) is 1.09. The molecule has 0 saturated heterocycles. The molecule has 0 aromatic heterocycles. The number of rotatable bonds is 9. The average molecular weight is 287 g/mol. The van der Waals surface area contributed by atoms with Gasteiger partial charge in [-0.25, -0.2) is 0 Å². The van der Waals surface area contributed by atoms with Gasteiger partial charge in [-0.15, -0.1) is 11.6 Å². The van der Waals surface area contributed by atoms with E-state index in [0.29, 0.717) is 19.1 Å². The molecule has 4 heteroatoms. The van der Waals surface area contributed by atoms with Gasteiger partial charge in [0, 0.05) is 7.11 Å². The van der Waals surface area contributed by atoms with Crippen LogP contribution < -0.4 is 4.74 Å². The van der Waals surface area contributed by atoms with Gasteiger partial charge in [-0.2, -0.15) is 0 Å². The zero-order valence-corrected chi connectivity index (χ0v) is 12.7. The molecule has 1 atom stereocenters. The second kappa shape index (κ2) is 9.18. The van der Waals surface area contributed by atoms with Crippen LogP contribution in [-0.2, 0) is 9.47 Å². The predicted molar refractivity (Wildman–Crippen MR) is 77.8 cm³/mol. The molecule has 1 aromatic carbocycles. The first-order valence-electron chi connectivity index (χ1n) is 6.57. The third-order valence-electron chi connectivity index (χ3n) is 2.64. The molecule has 0 heterocycles. The lowest BCUT2D eigenvalue weighted by atomic mass is 10.0. The van der Waals surface area contributed by atoms with Gasteiger partial charge in [0.2, 0.25) is 0 Å². The second-order valence-corrected chi connectivity index (χ2v) is 5.36. The highest BCUT2D eigenvalue weighted by Crippen LogP contribution is 2.29. The summed E-state index contributed by atoms with van der Waals surface area (Å²) in [7, 11) is 1.64. The summed E-state index contributed by atoms with van der Waals surface area (Å²) < 4.78 is 15.7. The Labute approximate surface area is 120 Å². The molecule has 0 N–H and O–H groups in total. The number of ether oxygens (including phenoxy) is 3. The summed E-state index contributed by atoms with van der Waals surface area (Å²) in [6.07, 6.45) is 0.954. The van der Waals surface area contributed by atoms with Crippen LogP contribution in [0.3, 0.4) is 0 Å². The van der Waals surface area contributed by atoms with Crippen molar-refractivity contribution in [1.82, 2.24) is 0 Å². The monoisotopic (exact) mass is 286 g/mol. The maximum atomic E-state index is 6.37. The topological polar surface area (TPSA) is 27.7 Å². The molecule has 0 aliphatic rings. The van der Waals surface area contributed by atoms with Crippen LogP contribution in [0.4, 0.5) is 0 Å². The van der Waals surface area contributed by atoms with Gasteiger partial charge in [-0.1, -0.05) is 26.0 Å². The van der Waals surface area contributed by atoms with Crippen LogP contribution in [0.1, 0.15) is 31.2 Å². The van der Waals surface area contributed by atoms with Crippen molar-refractivity contribution >= 4 is 11.6 Å². The average Bonchev–Trinajstić information content (AvgIpc) is 2.38. The standard InChI is InChI=1S/C15H23ClO3/c1-12(2)9-15(16)13-5-4-6-14(10-13)19-11-18-8-7-17-3/h4-6,10,12,15H,7-9,11H2,1-3H3/t15-/m1/s1. The number of alkyl halides is 1. The number of halogens is 1. The van der Waals surface area contributed by atoms with Gasteiger partial charge in [-0.05, 0) is 30.0 Å². The first-order chi connectivity index (χ1) is 9.13. The highest BCUT2D eigenvalue weighted by atomic mass is 35.5. The summed E-state index contributed by atoms with van der Waals surface area (Å²) in [6, 6.07) is 7.86. The minimum atomic E-state index is 0.0259. The summed E-state index contributed by atoms with van der Waals surface area (Å²) in [4.78, 5) is 0. The molecule has 0 aliphatic carbocycles. The van der Waals surface area contributed by atoms with Crippen LogP contribution >= 0.6 is 11.6 Å². The Balaban J connectivity index is 2.43. The molecule has 0 amide bonds. The number of benzene rings is 1. The largest absolute Gasteiger partial charge is 0.468 e. The van der Waals surface area contributed by atoms with Crippen LogP contribution in [0.25, 0.3) is 0 Å². The van der Waals surface area contributed by atoms with E-state index in [1.807, 2.05) is 24.3 Å². The van der Waals surface area contributed by atoms with E-state index in [1.54, 1.807) is 7.11 Å². The molecule has 0 spiro atoms. The van der Waals surface area contributed by atoms with Gasteiger partial charge in [0.25, 0.3) is 0 Å². The summed E-state index contributed by atoms with van der Waals surface area (Å²) >= 11 is 6.37. The first kappa shape index (κ1) is 16.3. The molecule has 0 radical (unpaired) electrons. The van der Waals surface area contributed by atoms with E-state index >= 15 is 0 Å². The van der Waals surface area contributed by atoms with Crippen molar-refractivity contribution in [3.8, 4) is 5.75 Å². The maximum Gasteiger partial charge on any atom is 0.189 e. The van der Waals surface area contributed by atoms with Crippen LogP contribution in [-0.4, -0.2) is 27.1 Å². The molecular formula is C15H23ClO3. The van der Waals surface area contributed by atoms with Crippen molar-refractivity contribution in [1.29, 1.82) is 0 Å². The number of hydrogen-bond acceptors (Lipinski definition) is 3. The number of methoxy groups -OCH3 is 1. The maximum absolute atomic E-state index is 6.37. The fraction of sp³-hybridized carbons (Fsp3) is 0.600. The fourth-order valence-corrected chi connectivity index (χ4v) is 2.15. The fourth-order valence-electron chi connectivity index (χ4n) is 1.66. The van der Waals surface area contributed by atoms with Crippen molar-refractivity contribution < 1.29 is 14.2 Å². The van der Waals surface area contributed by atoms with Gasteiger partial charge in [0.15, 0.2) is 6.79 Å². The first-order valence-corrected chi connectivity index (χ1v) is 7.00. The molecule has 1 aromatic rings. The lowest BCUT2D eigenvalue weighted by Gasteiger charge is -2.14. The molecule has 0 fully saturated rings. The van der Waals surface area contributed by atoms with E-state index in [2.05, 4.69) is 13.8 Å². The minimum Gasteiger partial charge on any atom is -0.468 e. The minimum absolute atomic E-state index is 0.0259. The van der Waals surface area contributed by atoms with Crippen LogP contribution in [0.15, 0.2) is 24.3 Å². The predicted octanol–water partition coefficient (Wildman–Crippen LogP) is 4.01.